The minimum Gasteiger partial charge on any atom is -0.479 e. The molecule has 2 aliphatic heterocycles. The van der Waals surface area contributed by atoms with Crippen LogP contribution in [-0.4, -0.2) is 46.4 Å². The highest BCUT2D eigenvalue weighted by molar-refractivity contribution is 7.13. The van der Waals surface area contributed by atoms with Gasteiger partial charge in [-0.1, -0.05) is 30.3 Å². The largest absolute Gasteiger partial charge is 0.519 e. The quantitative estimate of drug-likeness (QED) is 0.287. The number of pyridine rings is 1. The number of aryl methyl sites for hydroxylation is 1. The number of carbonyl (C=O) groups excluding carboxylic acids is 1. The molecule has 5 heterocycles. The SMILES string of the molecule is Cc1oc(=O)oc1COc1c2n(ccc1=O)N([C@@H]1c3ccccc3-c3scnc3-c3c1ccc(F)c3F)[C@@H]1COCCN1C2=O. The summed E-state index contributed by atoms with van der Waals surface area (Å²) in [5.41, 5.74) is 3.18. The lowest BCUT2D eigenvalue weighted by Crippen LogP contribution is -2.66. The Bertz CT molecular complexity index is 2140. The lowest BCUT2D eigenvalue weighted by Gasteiger charge is -2.51. The highest BCUT2D eigenvalue weighted by atomic mass is 32.1. The molecule has 0 N–H and O–H groups in total. The summed E-state index contributed by atoms with van der Waals surface area (Å²) in [6, 6.07) is 10.5. The van der Waals surface area contributed by atoms with Crippen LogP contribution in [0.15, 0.2) is 72.6 Å². The van der Waals surface area contributed by atoms with Crippen molar-refractivity contribution in [3.63, 3.8) is 0 Å². The lowest BCUT2D eigenvalue weighted by molar-refractivity contribution is -0.0198. The van der Waals surface area contributed by atoms with Crippen LogP contribution >= 0.6 is 11.3 Å². The van der Waals surface area contributed by atoms with Gasteiger partial charge in [-0.25, -0.2) is 18.6 Å². The average molecular weight is 633 g/mol. The number of rotatable bonds is 4. The Morgan fingerprint density at radius 2 is 1.91 bits per heavy atom. The Labute approximate surface area is 256 Å². The molecule has 45 heavy (non-hydrogen) atoms. The number of benzene rings is 2. The van der Waals surface area contributed by atoms with Crippen LogP contribution in [-0.2, 0) is 11.3 Å². The third kappa shape index (κ3) is 4.09. The van der Waals surface area contributed by atoms with Gasteiger partial charge in [0.25, 0.3) is 5.91 Å². The number of morpholine rings is 1. The maximum Gasteiger partial charge on any atom is 0.519 e. The summed E-state index contributed by atoms with van der Waals surface area (Å²) in [5, 5.41) is 1.83. The Morgan fingerprint density at radius 3 is 2.73 bits per heavy atom. The van der Waals surface area contributed by atoms with E-state index < -0.39 is 41.0 Å². The smallest absolute Gasteiger partial charge is 0.479 e. The molecule has 0 bridgehead atoms. The maximum absolute atomic E-state index is 15.9. The van der Waals surface area contributed by atoms with Gasteiger partial charge in [-0.15, -0.1) is 11.3 Å². The van der Waals surface area contributed by atoms with Crippen molar-refractivity contribution in [2.24, 2.45) is 0 Å². The molecule has 0 radical (unpaired) electrons. The van der Waals surface area contributed by atoms with Crippen molar-refractivity contribution in [1.29, 1.82) is 0 Å². The number of aromatic nitrogens is 2. The molecule has 0 unspecified atom stereocenters. The van der Waals surface area contributed by atoms with E-state index in [-0.39, 0.29) is 54.9 Å². The number of nitrogens with zero attached hydrogens (tertiary/aromatic N) is 4. The second-order valence-corrected chi connectivity index (χ2v) is 11.6. The molecule has 1 fully saturated rings. The molecule has 14 heteroatoms. The molecule has 1 aliphatic carbocycles. The van der Waals surface area contributed by atoms with Gasteiger partial charge in [0.1, 0.15) is 12.8 Å². The molecule has 3 aliphatic rings. The number of thiazole rings is 1. The molecule has 0 spiro atoms. The van der Waals surface area contributed by atoms with Gasteiger partial charge in [0.15, 0.2) is 34.6 Å². The number of ether oxygens (including phenoxy) is 2. The van der Waals surface area contributed by atoms with Crippen molar-refractivity contribution in [2.45, 2.75) is 25.7 Å². The van der Waals surface area contributed by atoms with E-state index in [0.29, 0.717) is 16.1 Å². The molecule has 11 nitrogen and oxygen atoms in total. The number of carbonyl (C=O) groups is 1. The van der Waals surface area contributed by atoms with E-state index >= 15 is 4.39 Å². The first-order valence-corrected chi connectivity index (χ1v) is 14.9. The fourth-order valence-electron chi connectivity index (χ4n) is 6.35. The zero-order chi connectivity index (χ0) is 31.0. The van der Waals surface area contributed by atoms with Crippen molar-refractivity contribution in [3.05, 3.63) is 115 Å². The van der Waals surface area contributed by atoms with Gasteiger partial charge in [-0.05, 0) is 29.7 Å². The number of hydrogen-bond acceptors (Lipinski definition) is 10. The molecule has 5 aromatic rings. The number of halogens is 2. The van der Waals surface area contributed by atoms with Gasteiger partial charge in [0, 0.05) is 24.4 Å². The van der Waals surface area contributed by atoms with Gasteiger partial charge >= 0.3 is 5.82 Å². The number of amides is 1. The molecule has 228 valence electrons. The van der Waals surface area contributed by atoms with Gasteiger partial charge in [-0.3, -0.25) is 19.3 Å². The monoisotopic (exact) mass is 632 g/mol. The molecular formula is C31H22F2N4O7S. The summed E-state index contributed by atoms with van der Waals surface area (Å²) in [6.07, 6.45) is 0.755. The van der Waals surface area contributed by atoms with Crippen LogP contribution in [0.4, 0.5) is 8.78 Å². The third-order valence-corrected chi connectivity index (χ3v) is 9.19. The Hall–Kier alpha value is -5.08. The maximum atomic E-state index is 15.9. The Kier molecular flexibility index (Phi) is 6.25. The van der Waals surface area contributed by atoms with Gasteiger partial charge in [-0.2, -0.15) is 0 Å². The fraction of sp³-hybridized carbons (Fsp3) is 0.226. The van der Waals surface area contributed by atoms with Gasteiger partial charge in [0.2, 0.25) is 5.43 Å². The molecule has 1 saturated heterocycles. The fourth-order valence-corrected chi connectivity index (χ4v) is 7.19. The Balaban J connectivity index is 1.38. The van der Waals surface area contributed by atoms with Crippen LogP contribution in [0.5, 0.6) is 5.75 Å². The van der Waals surface area contributed by atoms with Crippen molar-refractivity contribution in [2.75, 3.05) is 24.8 Å². The Morgan fingerprint density at radius 1 is 1.07 bits per heavy atom. The average Bonchev–Trinajstić information content (AvgIpc) is 3.62. The van der Waals surface area contributed by atoms with E-state index in [1.807, 2.05) is 29.3 Å². The molecule has 2 atom stereocenters. The van der Waals surface area contributed by atoms with Crippen LogP contribution in [0.3, 0.4) is 0 Å². The van der Waals surface area contributed by atoms with E-state index in [0.717, 1.165) is 17.2 Å². The van der Waals surface area contributed by atoms with E-state index in [2.05, 4.69) is 4.98 Å². The summed E-state index contributed by atoms with van der Waals surface area (Å²) in [4.78, 5) is 45.7. The molecular weight excluding hydrogens is 610 g/mol. The minimum atomic E-state index is -1.04. The normalized spacial score (nSPS) is 18.4. The topological polar surface area (TPSA) is 120 Å². The van der Waals surface area contributed by atoms with Crippen LogP contribution < -0.4 is 21.0 Å². The van der Waals surface area contributed by atoms with E-state index in [1.54, 1.807) is 10.4 Å². The van der Waals surface area contributed by atoms with E-state index in [9.17, 15) is 18.8 Å². The zero-order valence-corrected chi connectivity index (χ0v) is 24.3. The third-order valence-electron chi connectivity index (χ3n) is 8.33. The second kappa shape index (κ2) is 10.2. The first-order chi connectivity index (χ1) is 21.8. The standard InChI is InChI=1S/C31H22F2N4O7S/c1-15-21(44-31(40)43-15)12-42-28-20(38)8-9-36-27(28)30(39)35-10-11-41-13-22(35)37(36)26-16-4-2-3-5-17(16)29-25(34-14-45-29)23-18(26)6-7-19(32)24(23)33/h2-9,14,22,26H,10-13H2,1H3/t22-,26-/m1/s1. The van der Waals surface area contributed by atoms with Crippen molar-refractivity contribution in [3.8, 4) is 27.4 Å². The van der Waals surface area contributed by atoms with Crippen LogP contribution in [0, 0.1) is 18.6 Å². The molecule has 2 aromatic carbocycles. The van der Waals surface area contributed by atoms with Crippen molar-refractivity contribution < 1.29 is 31.9 Å². The van der Waals surface area contributed by atoms with Gasteiger partial charge < -0.3 is 23.2 Å². The van der Waals surface area contributed by atoms with Crippen LogP contribution in [0.2, 0.25) is 0 Å². The second-order valence-electron chi connectivity index (χ2n) is 10.7. The molecule has 8 rings (SSSR count). The van der Waals surface area contributed by atoms with E-state index in [1.165, 1.54) is 41.3 Å². The first-order valence-electron chi connectivity index (χ1n) is 14.0. The van der Waals surface area contributed by atoms with Crippen molar-refractivity contribution >= 4 is 17.2 Å². The van der Waals surface area contributed by atoms with Crippen LogP contribution in [0.25, 0.3) is 21.7 Å². The highest BCUT2D eigenvalue weighted by Crippen LogP contribution is 2.50. The molecule has 0 saturated carbocycles. The highest BCUT2D eigenvalue weighted by Gasteiger charge is 2.47. The number of hydrogen-bond donors (Lipinski definition) is 0. The van der Waals surface area contributed by atoms with Gasteiger partial charge in [0.05, 0.1) is 35.3 Å². The molecule has 1 amide bonds. The predicted molar refractivity (Wildman–Crippen MR) is 156 cm³/mol. The summed E-state index contributed by atoms with van der Waals surface area (Å²) < 4.78 is 53.9. The zero-order valence-electron chi connectivity index (χ0n) is 23.5. The lowest BCUT2D eigenvalue weighted by atomic mass is 9.92. The predicted octanol–water partition coefficient (Wildman–Crippen LogP) is 4.20. The van der Waals surface area contributed by atoms with E-state index in [4.69, 9.17) is 18.3 Å². The summed E-state index contributed by atoms with van der Waals surface area (Å²) in [7, 11) is 0. The molecule has 3 aromatic heterocycles. The summed E-state index contributed by atoms with van der Waals surface area (Å²) in [5.74, 6) is -3.49. The first kappa shape index (κ1) is 27.5. The van der Waals surface area contributed by atoms with Crippen LogP contribution in [0.1, 0.15) is 39.2 Å². The summed E-state index contributed by atoms with van der Waals surface area (Å²) >= 11 is 1.31. The van der Waals surface area contributed by atoms with Crippen molar-refractivity contribution in [1.82, 2.24) is 14.6 Å². The summed E-state index contributed by atoms with van der Waals surface area (Å²) in [6.45, 7) is 1.71. The number of fused-ring (bicyclic) bond motifs is 7. The minimum absolute atomic E-state index is 0.0113.